The SMILES string of the molecule is CCCCCNC(=O)C1CCCCC1. The standard InChI is InChI=1S/C12H23NO/c1-2-3-7-10-13-12(14)11-8-5-4-6-9-11/h11H,2-10H2,1H3,(H,13,14). The van der Waals surface area contributed by atoms with Gasteiger partial charge in [-0.3, -0.25) is 4.79 Å². The normalized spacial score (nSPS) is 18.1. The zero-order chi connectivity index (χ0) is 10.2. The van der Waals surface area contributed by atoms with Gasteiger partial charge in [-0.15, -0.1) is 0 Å². The van der Waals surface area contributed by atoms with Crippen LogP contribution in [0.3, 0.4) is 0 Å². The van der Waals surface area contributed by atoms with Gasteiger partial charge < -0.3 is 5.32 Å². The van der Waals surface area contributed by atoms with E-state index in [0.29, 0.717) is 11.8 Å². The molecule has 0 aliphatic heterocycles. The Balaban J connectivity index is 2.07. The molecule has 1 aliphatic carbocycles. The summed E-state index contributed by atoms with van der Waals surface area (Å²) < 4.78 is 0. The predicted molar refractivity (Wildman–Crippen MR) is 59.1 cm³/mol. The van der Waals surface area contributed by atoms with Crippen molar-refractivity contribution in [3.63, 3.8) is 0 Å². The zero-order valence-corrected chi connectivity index (χ0v) is 9.35. The quantitative estimate of drug-likeness (QED) is 0.675. The van der Waals surface area contributed by atoms with Crippen molar-refractivity contribution in [2.24, 2.45) is 5.92 Å². The summed E-state index contributed by atoms with van der Waals surface area (Å²) in [7, 11) is 0. The van der Waals surface area contributed by atoms with Crippen LogP contribution in [0.25, 0.3) is 0 Å². The van der Waals surface area contributed by atoms with Crippen LogP contribution in [0.4, 0.5) is 0 Å². The molecular weight excluding hydrogens is 174 g/mol. The van der Waals surface area contributed by atoms with Gasteiger partial charge in [0.1, 0.15) is 0 Å². The van der Waals surface area contributed by atoms with Crippen LogP contribution in [0.15, 0.2) is 0 Å². The summed E-state index contributed by atoms with van der Waals surface area (Å²) in [5.41, 5.74) is 0. The van der Waals surface area contributed by atoms with Gasteiger partial charge in [0.2, 0.25) is 5.91 Å². The highest BCUT2D eigenvalue weighted by Crippen LogP contribution is 2.23. The molecule has 1 saturated carbocycles. The van der Waals surface area contributed by atoms with Gasteiger partial charge in [0.25, 0.3) is 0 Å². The van der Waals surface area contributed by atoms with E-state index in [2.05, 4.69) is 12.2 Å². The van der Waals surface area contributed by atoms with E-state index in [9.17, 15) is 4.79 Å². The lowest BCUT2D eigenvalue weighted by molar-refractivity contribution is -0.125. The molecule has 0 spiro atoms. The van der Waals surface area contributed by atoms with Crippen LogP contribution >= 0.6 is 0 Å². The number of hydrogen-bond donors (Lipinski definition) is 1. The lowest BCUT2D eigenvalue weighted by Gasteiger charge is -2.20. The Kier molecular flexibility index (Phi) is 5.65. The first-order chi connectivity index (χ1) is 6.84. The second-order valence-electron chi connectivity index (χ2n) is 4.33. The number of hydrogen-bond acceptors (Lipinski definition) is 1. The van der Waals surface area contributed by atoms with Crippen molar-refractivity contribution < 1.29 is 4.79 Å². The fourth-order valence-corrected chi connectivity index (χ4v) is 2.10. The topological polar surface area (TPSA) is 29.1 Å². The maximum Gasteiger partial charge on any atom is 0.223 e. The third kappa shape index (κ3) is 4.12. The summed E-state index contributed by atoms with van der Waals surface area (Å²) in [5.74, 6) is 0.631. The second kappa shape index (κ2) is 6.86. The highest BCUT2D eigenvalue weighted by atomic mass is 16.1. The molecule has 82 valence electrons. The first kappa shape index (κ1) is 11.5. The molecule has 1 rings (SSSR count). The van der Waals surface area contributed by atoms with Crippen molar-refractivity contribution in [2.75, 3.05) is 6.54 Å². The Hall–Kier alpha value is -0.530. The lowest BCUT2D eigenvalue weighted by atomic mass is 9.89. The molecule has 1 aliphatic rings. The zero-order valence-electron chi connectivity index (χ0n) is 9.35. The van der Waals surface area contributed by atoms with Gasteiger partial charge in [-0.1, -0.05) is 39.0 Å². The van der Waals surface area contributed by atoms with Crippen LogP contribution in [-0.4, -0.2) is 12.5 Å². The summed E-state index contributed by atoms with van der Waals surface area (Å²) in [6.07, 6.45) is 9.61. The Morgan fingerprint density at radius 3 is 2.57 bits per heavy atom. The van der Waals surface area contributed by atoms with E-state index in [4.69, 9.17) is 0 Å². The van der Waals surface area contributed by atoms with Gasteiger partial charge in [0, 0.05) is 12.5 Å². The average molecular weight is 197 g/mol. The number of unbranched alkanes of at least 4 members (excludes halogenated alkanes) is 2. The van der Waals surface area contributed by atoms with Gasteiger partial charge in [-0.05, 0) is 19.3 Å². The fraction of sp³-hybridized carbons (Fsp3) is 0.917. The van der Waals surface area contributed by atoms with Gasteiger partial charge in [0.05, 0.1) is 0 Å². The summed E-state index contributed by atoms with van der Waals surface area (Å²) in [6, 6.07) is 0. The minimum Gasteiger partial charge on any atom is -0.356 e. The van der Waals surface area contributed by atoms with E-state index in [-0.39, 0.29) is 0 Å². The summed E-state index contributed by atoms with van der Waals surface area (Å²) in [6.45, 7) is 3.06. The van der Waals surface area contributed by atoms with Crippen LogP contribution < -0.4 is 5.32 Å². The van der Waals surface area contributed by atoms with E-state index in [1.54, 1.807) is 0 Å². The van der Waals surface area contributed by atoms with Crippen LogP contribution in [0.1, 0.15) is 58.3 Å². The first-order valence-electron chi connectivity index (χ1n) is 6.12. The molecule has 1 N–H and O–H groups in total. The minimum atomic E-state index is 0.306. The number of nitrogens with one attached hydrogen (secondary N) is 1. The molecule has 1 amide bonds. The van der Waals surface area contributed by atoms with Crippen molar-refractivity contribution in [2.45, 2.75) is 58.3 Å². The predicted octanol–water partition coefficient (Wildman–Crippen LogP) is 2.87. The number of carbonyl (C=O) groups is 1. The summed E-state index contributed by atoms with van der Waals surface area (Å²) in [5, 5.41) is 3.05. The van der Waals surface area contributed by atoms with E-state index in [1.807, 2.05) is 0 Å². The van der Waals surface area contributed by atoms with Crippen molar-refractivity contribution in [1.82, 2.24) is 5.32 Å². The third-order valence-electron chi connectivity index (χ3n) is 3.06. The van der Waals surface area contributed by atoms with E-state index < -0.39 is 0 Å². The monoisotopic (exact) mass is 197 g/mol. The van der Waals surface area contributed by atoms with Crippen molar-refractivity contribution in [3.05, 3.63) is 0 Å². The lowest BCUT2D eigenvalue weighted by Crippen LogP contribution is -2.32. The Morgan fingerprint density at radius 1 is 1.21 bits per heavy atom. The molecule has 0 unspecified atom stereocenters. The molecule has 0 saturated heterocycles. The molecule has 2 heteroatoms. The average Bonchev–Trinajstić information content (AvgIpc) is 2.25. The summed E-state index contributed by atoms with van der Waals surface area (Å²) in [4.78, 5) is 11.7. The summed E-state index contributed by atoms with van der Waals surface area (Å²) >= 11 is 0. The third-order valence-corrected chi connectivity index (χ3v) is 3.06. The van der Waals surface area contributed by atoms with E-state index in [1.165, 1.54) is 32.1 Å². The molecule has 0 radical (unpaired) electrons. The van der Waals surface area contributed by atoms with E-state index >= 15 is 0 Å². The molecule has 0 aromatic rings. The molecule has 0 heterocycles. The van der Waals surface area contributed by atoms with Crippen molar-refractivity contribution in [3.8, 4) is 0 Å². The maximum absolute atomic E-state index is 11.7. The Labute approximate surface area is 87.5 Å². The first-order valence-corrected chi connectivity index (χ1v) is 6.12. The van der Waals surface area contributed by atoms with Crippen LogP contribution in [0.5, 0.6) is 0 Å². The number of rotatable bonds is 5. The highest BCUT2D eigenvalue weighted by molar-refractivity contribution is 5.78. The second-order valence-corrected chi connectivity index (χ2v) is 4.33. The smallest absolute Gasteiger partial charge is 0.223 e. The van der Waals surface area contributed by atoms with Gasteiger partial charge in [-0.25, -0.2) is 0 Å². The molecule has 14 heavy (non-hydrogen) atoms. The van der Waals surface area contributed by atoms with Gasteiger partial charge in [0.15, 0.2) is 0 Å². The van der Waals surface area contributed by atoms with Crippen LogP contribution in [-0.2, 0) is 4.79 Å². The Bertz CT molecular complexity index is 162. The van der Waals surface area contributed by atoms with Gasteiger partial charge in [-0.2, -0.15) is 0 Å². The number of carbonyl (C=O) groups excluding carboxylic acids is 1. The van der Waals surface area contributed by atoms with E-state index in [0.717, 1.165) is 25.8 Å². The maximum atomic E-state index is 11.7. The molecule has 2 nitrogen and oxygen atoms in total. The molecule has 0 aromatic carbocycles. The number of amides is 1. The van der Waals surface area contributed by atoms with Crippen molar-refractivity contribution >= 4 is 5.91 Å². The van der Waals surface area contributed by atoms with Gasteiger partial charge >= 0.3 is 0 Å². The van der Waals surface area contributed by atoms with Crippen LogP contribution in [0, 0.1) is 5.92 Å². The van der Waals surface area contributed by atoms with Crippen molar-refractivity contribution in [1.29, 1.82) is 0 Å². The fourth-order valence-electron chi connectivity index (χ4n) is 2.10. The Morgan fingerprint density at radius 2 is 1.93 bits per heavy atom. The van der Waals surface area contributed by atoms with Crippen LogP contribution in [0.2, 0.25) is 0 Å². The molecule has 0 bridgehead atoms. The molecule has 0 aromatic heterocycles. The highest BCUT2D eigenvalue weighted by Gasteiger charge is 2.20. The minimum absolute atomic E-state index is 0.306. The molecule has 0 atom stereocenters. The largest absolute Gasteiger partial charge is 0.356 e. The molecular formula is C12H23NO. The molecule has 1 fully saturated rings.